The van der Waals surface area contributed by atoms with Crippen molar-refractivity contribution in [2.75, 3.05) is 7.11 Å². The van der Waals surface area contributed by atoms with Gasteiger partial charge in [-0.3, -0.25) is 5.84 Å². The van der Waals surface area contributed by atoms with Crippen LogP contribution < -0.4 is 16.0 Å². The molecule has 0 spiro atoms. The van der Waals surface area contributed by atoms with Gasteiger partial charge in [-0.05, 0) is 38.5 Å². The summed E-state index contributed by atoms with van der Waals surface area (Å²) in [5.41, 5.74) is 6.48. The van der Waals surface area contributed by atoms with E-state index in [0.29, 0.717) is 0 Å². The number of nitrogens with one attached hydrogen (secondary N) is 1. The predicted octanol–water partition coefficient (Wildman–Crippen LogP) is 3.23. The lowest BCUT2D eigenvalue weighted by Gasteiger charge is -2.18. The van der Waals surface area contributed by atoms with E-state index in [1.165, 1.54) is 20.9 Å². The summed E-state index contributed by atoms with van der Waals surface area (Å²) < 4.78 is 5.45. The van der Waals surface area contributed by atoms with Gasteiger partial charge < -0.3 is 4.74 Å². The van der Waals surface area contributed by atoms with Crippen LogP contribution in [0.4, 0.5) is 0 Å². The fourth-order valence-corrected chi connectivity index (χ4v) is 3.27. The molecule has 0 aliphatic carbocycles. The van der Waals surface area contributed by atoms with Crippen LogP contribution in [0.15, 0.2) is 24.3 Å². The Kier molecular flexibility index (Phi) is 4.24. The van der Waals surface area contributed by atoms with Crippen LogP contribution in [-0.4, -0.2) is 7.11 Å². The van der Waals surface area contributed by atoms with Gasteiger partial charge in [0.25, 0.3) is 0 Å². The monoisotopic (exact) mass is 276 g/mol. The van der Waals surface area contributed by atoms with Gasteiger partial charge in [-0.1, -0.05) is 17.7 Å². The molecule has 4 heteroatoms. The molecule has 0 fully saturated rings. The molecule has 19 heavy (non-hydrogen) atoms. The first-order chi connectivity index (χ1) is 9.06. The highest BCUT2D eigenvalue weighted by Gasteiger charge is 2.19. The molecule has 0 aliphatic heterocycles. The number of ether oxygens (including phenoxy) is 1. The van der Waals surface area contributed by atoms with Crippen molar-refractivity contribution in [1.29, 1.82) is 0 Å². The van der Waals surface area contributed by atoms with Gasteiger partial charge in [0.05, 0.1) is 13.2 Å². The van der Waals surface area contributed by atoms with Crippen molar-refractivity contribution in [2.24, 2.45) is 5.84 Å². The summed E-state index contributed by atoms with van der Waals surface area (Å²) in [7, 11) is 1.69. The quantitative estimate of drug-likeness (QED) is 0.666. The lowest BCUT2D eigenvalue weighted by atomic mass is 10.0. The lowest BCUT2D eigenvalue weighted by Crippen LogP contribution is -2.28. The molecule has 102 valence electrons. The van der Waals surface area contributed by atoms with Crippen LogP contribution in [0.25, 0.3) is 0 Å². The van der Waals surface area contributed by atoms with Gasteiger partial charge in [-0.2, -0.15) is 0 Å². The summed E-state index contributed by atoms with van der Waals surface area (Å²) in [5.74, 6) is 6.63. The van der Waals surface area contributed by atoms with Crippen LogP contribution in [0.5, 0.6) is 5.75 Å². The molecule has 0 saturated carbocycles. The molecule has 1 heterocycles. The Bertz CT molecular complexity index is 558. The van der Waals surface area contributed by atoms with E-state index in [9.17, 15) is 0 Å². The average Bonchev–Trinajstić information content (AvgIpc) is 2.70. The van der Waals surface area contributed by atoms with E-state index in [-0.39, 0.29) is 6.04 Å². The maximum absolute atomic E-state index is 5.77. The number of aryl methyl sites for hydroxylation is 3. The van der Waals surface area contributed by atoms with Crippen molar-refractivity contribution in [1.82, 2.24) is 5.43 Å². The Morgan fingerprint density at radius 1 is 1.21 bits per heavy atom. The Morgan fingerprint density at radius 3 is 2.47 bits per heavy atom. The van der Waals surface area contributed by atoms with Crippen molar-refractivity contribution in [2.45, 2.75) is 26.8 Å². The van der Waals surface area contributed by atoms with Crippen LogP contribution in [0.1, 0.15) is 32.5 Å². The first kappa shape index (κ1) is 14.1. The molecule has 0 aliphatic rings. The second-order valence-electron chi connectivity index (χ2n) is 4.73. The van der Waals surface area contributed by atoms with Crippen molar-refractivity contribution >= 4 is 11.3 Å². The molecule has 1 aromatic heterocycles. The van der Waals surface area contributed by atoms with Crippen LogP contribution in [0.2, 0.25) is 0 Å². The molecule has 1 atom stereocenters. The summed E-state index contributed by atoms with van der Waals surface area (Å²) in [4.78, 5) is 2.53. The highest BCUT2D eigenvalue weighted by atomic mass is 32.1. The zero-order valence-corrected chi connectivity index (χ0v) is 12.6. The van der Waals surface area contributed by atoms with E-state index in [4.69, 9.17) is 10.6 Å². The molecule has 0 bridgehead atoms. The SMILES string of the molecule is COc1ccc(C)cc1C(NN)c1cc(C)c(C)s1. The summed E-state index contributed by atoms with van der Waals surface area (Å²) in [6.07, 6.45) is 0. The largest absolute Gasteiger partial charge is 0.496 e. The lowest BCUT2D eigenvalue weighted by molar-refractivity contribution is 0.404. The normalized spacial score (nSPS) is 12.5. The van der Waals surface area contributed by atoms with Crippen LogP contribution >= 0.6 is 11.3 Å². The number of hydrogen-bond donors (Lipinski definition) is 2. The standard InChI is InChI=1S/C15H20N2OS/c1-9-5-6-13(18-4)12(7-9)15(17-16)14-8-10(2)11(3)19-14/h5-8,15,17H,16H2,1-4H3. The minimum Gasteiger partial charge on any atom is -0.496 e. The number of thiophene rings is 1. The molecule has 3 N–H and O–H groups in total. The topological polar surface area (TPSA) is 47.3 Å². The Morgan fingerprint density at radius 2 is 1.95 bits per heavy atom. The van der Waals surface area contributed by atoms with Gasteiger partial charge in [0, 0.05) is 15.3 Å². The fraction of sp³-hybridized carbons (Fsp3) is 0.333. The van der Waals surface area contributed by atoms with E-state index in [2.05, 4.69) is 38.3 Å². The van der Waals surface area contributed by atoms with Crippen molar-refractivity contribution in [3.05, 3.63) is 50.7 Å². The highest BCUT2D eigenvalue weighted by Crippen LogP contribution is 2.35. The average molecular weight is 276 g/mol. The Labute approximate surface area is 118 Å². The molecular weight excluding hydrogens is 256 g/mol. The maximum Gasteiger partial charge on any atom is 0.124 e. The van der Waals surface area contributed by atoms with Gasteiger partial charge in [-0.25, -0.2) is 5.43 Å². The van der Waals surface area contributed by atoms with Crippen molar-refractivity contribution in [3.8, 4) is 5.75 Å². The Hall–Kier alpha value is -1.36. The first-order valence-electron chi connectivity index (χ1n) is 6.24. The number of benzene rings is 1. The third kappa shape index (κ3) is 2.81. The van der Waals surface area contributed by atoms with Crippen LogP contribution in [0.3, 0.4) is 0 Å². The number of nitrogens with two attached hydrogens (primary N) is 1. The van der Waals surface area contributed by atoms with E-state index < -0.39 is 0 Å². The smallest absolute Gasteiger partial charge is 0.124 e. The molecule has 1 unspecified atom stereocenters. The summed E-state index contributed by atoms with van der Waals surface area (Å²) in [6, 6.07) is 8.30. The molecule has 3 nitrogen and oxygen atoms in total. The maximum atomic E-state index is 5.77. The number of hydrogen-bond acceptors (Lipinski definition) is 4. The van der Waals surface area contributed by atoms with Crippen LogP contribution in [0, 0.1) is 20.8 Å². The van der Waals surface area contributed by atoms with E-state index in [1.807, 2.05) is 12.1 Å². The second-order valence-corrected chi connectivity index (χ2v) is 6.02. The van der Waals surface area contributed by atoms with Gasteiger partial charge in [-0.15, -0.1) is 11.3 Å². The Balaban J connectivity index is 2.50. The van der Waals surface area contributed by atoms with Gasteiger partial charge >= 0.3 is 0 Å². The molecule has 0 saturated heterocycles. The molecular formula is C15H20N2OS. The second kappa shape index (κ2) is 5.74. The highest BCUT2D eigenvalue weighted by molar-refractivity contribution is 7.12. The van der Waals surface area contributed by atoms with Gasteiger partial charge in [0.1, 0.15) is 5.75 Å². The first-order valence-corrected chi connectivity index (χ1v) is 7.06. The number of methoxy groups -OCH3 is 1. The molecule has 0 amide bonds. The van der Waals surface area contributed by atoms with E-state index in [0.717, 1.165) is 11.3 Å². The van der Waals surface area contributed by atoms with E-state index in [1.54, 1.807) is 18.4 Å². The third-order valence-electron chi connectivity index (χ3n) is 3.33. The van der Waals surface area contributed by atoms with Gasteiger partial charge in [0.15, 0.2) is 0 Å². The molecule has 2 rings (SSSR count). The third-order valence-corrected chi connectivity index (χ3v) is 4.55. The fourth-order valence-electron chi connectivity index (χ4n) is 2.15. The zero-order chi connectivity index (χ0) is 14.0. The summed E-state index contributed by atoms with van der Waals surface area (Å²) in [6.45, 7) is 6.32. The molecule has 2 aromatic rings. The van der Waals surface area contributed by atoms with Gasteiger partial charge in [0.2, 0.25) is 0 Å². The van der Waals surface area contributed by atoms with Crippen molar-refractivity contribution in [3.63, 3.8) is 0 Å². The summed E-state index contributed by atoms with van der Waals surface area (Å²) in [5, 5.41) is 0. The van der Waals surface area contributed by atoms with E-state index >= 15 is 0 Å². The minimum atomic E-state index is -0.0350. The number of rotatable bonds is 4. The minimum absolute atomic E-state index is 0.0350. The predicted molar refractivity (Wildman–Crippen MR) is 80.7 cm³/mol. The van der Waals surface area contributed by atoms with Crippen LogP contribution in [-0.2, 0) is 0 Å². The molecule has 1 aromatic carbocycles. The zero-order valence-electron chi connectivity index (χ0n) is 11.8. The number of hydrazine groups is 1. The van der Waals surface area contributed by atoms with Crippen molar-refractivity contribution < 1.29 is 4.74 Å². The summed E-state index contributed by atoms with van der Waals surface area (Å²) >= 11 is 1.77. The molecule has 0 radical (unpaired) electrons.